The molecule has 0 unspecified atom stereocenters. The molecule has 2 aliphatic carbocycles. The third-order valence-electron chi connectivity index (χ3n) is 5.84. The SMILES string of the molecule is O=C(CN(c1cc(Cl)cc(Cl)c1)S(=O)(=O)c1ccccc1)N[C@H]1C[C@@H]2CC[C@@H]1C2. The first kappa shape index (κ1) is 20.5. The van der Waals surface area contributed by atoms with Crippen molar-refractivity contribution in [3.63, 3.8) is 0 Å². The van der Waals surface area contributed by atoms with Crippen LogP contribution >= 0.6 is 23.2 Å². The number of anilines is 1. The molecule has 3 atom stereocenters. The van der Waals surface area contributed by atoms with Crippen LogP contribution in [0.1, 0.15) is 25.7 Å². The summed E-state index contributed by atoms with van der Waals surface area (Å²) in [6.07, 6.45) is 4.49. The first-order chi connectivity index (χ1) is 13.8. The zero-order valence-corrected chi connectivity index (χ0v) is 18.1. The van der Waals surface area contributed by atoms with Crippen LogP contribution in [0.15, 0.2) is 53.4 Å². The van der Waals surface area contributed by atoms with Gasteiger partial charge in [-0.15, -0.1) is 0 Å². The van der Waals surface area contributed by atoms with Crippen LogP contribution in [-0.4, -0.2) is 26.9 Å². The number of carbonyl (C=O) groups is 1. The van der Waals surface area contributed by atoms with Crippen LogP contribution in [-0.2, 0) is 14.8 Å². The lowest BCUT2D eigenvalue weighted by Crippen LogP contribution is -2.46. The molecule has 1 N–H and O–H groups in total. The van der Waals surface area contributed by atoms with Gasteiger partial charge in [-0.3, -0.25) is 9.10 Å². The zero-order chi connectivity index (χ0) is 20.6. The highest BCUT2D eigenvalue weighted by Gasteiger charge is 2.40. The maximum absolute atomic E-state index is 13.3. The molecule has 2 fully saturated rings. The Morgan fingerprint density at radius 3 is 2.31 bits per heavy atom. The summed E-state index contributed by atoms with van der Waals surface area (Å²) in [7, 11) is -3.97. The number of hydrogen-bond acceptors (Lipinski definition) is 3. The number of rotatable bonds is 6. The van der Waals surface area contributed by atoms with Gasteiger partial charge in [0.25, 0.3) is 10.0 Å². The lowest BCUT2D eigenvalue weighted by atomic mass is 9.95. The largest absolute Gasteiger partial charge is 0.352 e. The molecule has 29 heavy (non-hydrogen) atoms. The Bertz CT molecular complexity index is 994. The highest BCUT2D eigenvalue weighted by molar-refractivity contribution is 7.92. The molecule has 1 amide bonds. The van der Waals surface area contributed by atoms with Gasteiger partial charge < -0.3 is 5.32 Å². The average molecular weight is 453 g/mol. The summed E-state index contributed by atoms with van der Waals surface area (Å²) in [6.45, 7) is -0.332. The van der Waals surface area contributed by atoms with Gasteiger partial charge in [0.05, 0.1) is 10.6 Å². The van der Waals surface area contributed by atoms with Crippen molar-refractivity contribution in [1.82, 2.24) is 5.32 Å². The molecule has 2 bridgehead atoms. The van der Waals surface area contributed by atoms with Crippen molar-refractivity contribution in [2.75, 3.05) is 10.8 Å². The van der Waals surface area contributed by atoms with Crippen molar-refractivity contribution in [2.24, 2.45) is 11.8 Å². The molecule has 0 aliphatic heterocycles. The Morgan fingerprint density at radius 1 is 1.03 bits per heavy atom. The number of hydrogen-bond donors (Lipinski definition) is 1. The fraction of sp³-hybridized carbons (Fsp3) is 0.381. The van der Waals surface area contributed by atoms with Crippen molar-refractivity contribution in [2.45, 2.75) is 36.6 Å². The minimum absolute atomic E-state index is 0.101. The summed E-state index contributed by atoms with van der Waals surface area (Å²) in [6, 6.07) is 12.7. The lowest BCUT2D eigenvalue weighted by molar-refractivity contribution is -0.120. The quantitative estimate of drug-likeness (QED) is 0.701. The summed E-state index contributed by atoms with van der Waals surface area (Å²) < 4.78 is 27.7. The lowest BCUT2D eigenvalue weighted by Gasteiger charge is -2.27. The van der Waals surface area contributed by atoms with Crippen LogP contribution in [0.2, 0.25) is 10.0 Å². The molecule has 8 heteroatoms. The van der Waals surface area contributed by atoms with E-state index in [-0.39, 0.29) is 29.1 Å². The summed E-state index contributed by atoms with van der Waals surface area (Å²) in [5, 5.41) is 3.65. The fourth-order valence-electron chi connectivity index (χ4n) is 4.52. The molecule has 0 radical (unpaired) electrons. The summed E-state index contributed by atoms with van der Waals surface area (Å²) in [5.41, 5.74) is 0.259. The van der Waals surface area contributed by atoms with Gasteiger partial charge in [-0.25, -0.2) is 8.42 Å². The highest BCUT2D eigenvalue weighted by Crippen LogP contribution is 2.44. The van der Waals surface area contributed by atoms with Crippen LogP contribution < -0.4 is 9.62 Å². The van der Waals surface area contributed by atoms with E-state index < -0.39 is 10.0 Å². The number of nitrogens with one attached hydrogen (secondary N) is 1. The molecule has 0 heterocycles. The molecule has 2 aromatic carbocycles. The van der Waals surface area contributed by atoms with E-state index in [1.807, 2.05) is 0 Å². The van der Waals surface area contributed by atoms with Gasteiger partial charge in [0, 0.05) is 16.1 Å². The van der Waals surface area contributed by atoms with E-state index >= 15 is 0 Å². The van der Waals surface area contributed by atoms with Crippen molar-refractivity contribution >= 4 is 44.8 Å². The van der Waals surface area contributed by atoms with E-state index in [2.05, 4.69) is 5.32 Å². The predicted octanol–water partition coefficient (Wildman–Crippen LogP) is 4.49. The average Bonchev–Trinajstić information content (AvgIpc) is 3.29. The van der Waals surface area contributed by atoms with Gasteiger partial charge >= 0.3 is 0 Å². The van der Waals surface area contributed by atoms with E-state index in [4.69, 9.17) is 23.2 Å². The van der Waals surface area contributed by atoms with Crippen molar-refractivity contribution < 1.29 is 13.2 Å². The zero-order valence-electron chi connectivity index (χ0n) is 15.7. The highest BCUT2D eigenvalue weighted by atomic mass is 35.5. The molecular weight excluding hydrogens is 431 g/mol. The molecule has 0 saturated heterocycles. The number of halogens is 2. The molecule has 154 valence electrons. The summed E-state index contributed by atoms with van der Waals surface area (Å²) in [5.74, 6) is 0.864. The van der Waals surface area contributed by atoms with Crippen LogP contribution in [0, 0.1) is 11.8 Å². The van der Waals surface area contributed by atoms with Gasteiger partial charge in [-0.05, 0) is 61.4 Å². The second kappa shape index (κ2) is 8.17. The van der Waals surface area contributed by atoms with E-state index in [1.165, 1.54) is 36.8 Å². The molecule has 2 aromatic rings. The van der Waals surface area contributed by atoms with Crippen molar-refractivity contribution in [3.05, 3.63) is 58.6 Å². The molecule has 0 aromatic heterocycles. The van der Waals surface area contributed by atoms with E-state index in [0.717, 1.165) is 23.6 Å². The van der Waals surface area contributed by atoms with E-state index in [9.17, 15) is 13.2 Å². The molecule has 4 rings (SSSR count). The Morgan fingerprint density at radius 2 is 1.72 bits per heavy atom. The van der Waals surface area contributed by atoms with Gasteiger partial charge in [0.15, 0.2) is 0 Å². The monoisotopic (exact) mass is 452 g/mol. The molecular formula is C21H22Cl2N2O3S. The first-order valence-corrected chi connectivity index (χ1v) is 11.9. The van der Waals surface area contributed by atoms with E-state index in [1.54, 1.807) is 18.2 Å². The molecule has 5 nitrogen and oxygen atoms in total. The summed E-state index contributed by atoms with van der Waals surface area (Å²) >= 11 is 12.2. The van der Waals surface area contributed by atoms with Crippen LogP contribution in [0.4, 0.5) is 5.69 Å². The third kappa shape index (κ3) is 4.39. The molecule has 0 spiro atoms. The Labute approximate surface area is 181 Å². The predicted molar refractivity (Wildman–Crippen MR) is 115 cm³/mol. The second-order valence-corrected chi connectivity index (χ2v) is 10.5. The Hall–Kier alpha value is -1.76. The Kier molecular flexibility index (Phi) is 5.78. The molecule has 2 saturated carbocycles. The first-order valence-electron chi connectivity index (χ1n) is 9.66. The molecule has 2 aliphatic rings. The van der Waals surface area contributed by atoms with Crippen molar-refractivity contribution in [1.29, 1.82) is 0 Å². The van der Waals surface area contributed by atoms with Crippen LogP contribution in [0.25, 0.3) is 0 Å². The third-order valence-corrected chi connectivity index (χ3v) is 8.06. The number of fused-ring (bicyclic) bond motifs is 2. The fourth-order valence-corrected chi connectivity index (χ4v) is 6.46. The Balaban J connectivity index is 1.62. The minimum atomic E-state index is -3.97. The smallest absolute Gasteiger partial charge is 0.264 e. The van der Waals surface area contributed by atoms with Gasteiger partial charge in [-0.2, -0.15) is 0 Å². The van der Waals surface area contributed by atoms with Crippen molar-refractivity contribution in [3.8, 4) is 0 Å². The second-order valence-electron chi connectivity index (χ2n) is 7.80. The topological polar surface area (TPSA) is 66.5 Å². The van der Waals surface area contributed by atoms with E-state index in [0.29, 0.717) is 21.9 Å². The van der Waals surface area contributed by atoms with Gasteiger partial charge in [-0.1, -0.05) is 47.8 Å². The number of nitrogens with zero attached hydrogens (tertiary/aromatic N) is 1. The maximum Gasteiger partial charge on any atom is 0.264 e. The number of amides is 1. The number of benzene rings is 2. The van der Waals surface area contributed by atoms with Gasteiger partial charge in [0.1, 0.15) is 6.54 Å². The normalized spacial score (nSPS) is 23.2. The van der Waals surface area contributed by atoms with Gasteiger partial charge in [0.2, 0.25) is 5.91 Å². The minimum Gasteiger partial charge on any atom is -0.352 e. The van der Waals surface area contributed by atoms with Crippen LogP contribution in [0.3, 0.4) is 0 Å². The summed E-state index contributed by atoms with van der Waals surface area (Å²) in [4.78, 5) is 12.9. The van der Waals surface area contributed by atoms with Crippen LogP contribution in [0.5, 0.6) is 0 Å². The number of sulfonamides is 1. The number of carbonyl (C=O) groups excluding carboxylic acids is 1. The standard InChI is InChI=1S/C21H22Cl2N2O3S/c22-16-10-17(23)12-18(11-16)25(29(27,28)19-4-2-1-3-5-19)13-21(26)24-20-9-14-6-7-15(20)8-14/h1-5,10-12,14-15,20H,6-9,13H2,(H,24,26)/t14-,15-,20+/m1/s1. The maximum atomic E-state index is 13.3.